The number of amidine groups is 2. The van der Waals surface area contributed by atoms with Gasteiger partial charge in [0.2, 0.25) is 0 Å². The third-order valence-electron chi connectivity index (χ3n) is 3.16. The highest BCUT2D eigenvalue weighted by Crippen LogP contribution is 2.24. The highest BCUT2D eigenvalue weighted by molar-refractivity contribution is 8.14. The molecular formula is C13H19N4O2S+. The molecule has 7 heteroatoms. The molecule has 20 heavy (non-hydrogen) atoms. The number of rotatable bonds is 3. The number of nitrogens with zero attached hydrogens (tertiary/aromatic N) is 4. The number of carbonyl (C=O) groups excluding carboxylic acids is 2. The molecule has 2 aliphatic heterocycles. The van der Waals surface area contributed by atoms with Gasteiger partial charge in [0.05, 0.1) is 0 Å². The van der Waals surface area contributed by atoms with Crippen LogP contribution in [0.2, 0.25) is 0 Å². The molecule has 0 radical (unpaired) electrons. The summed E-state index contributed by atoms with van der Waals surface area (Å²) in [5.41, 5.74) is 0. The Labute approximate surface area is 122 Å². The maximum atomic E-state index is 12.4. The first-order valence-electron chi connectivity index (χ1n) is 6.43. The van der Waals surface area contributed by atoms with E-state index < -0.39 is 6.04 Å². The molecule has 6 nitrogen and oxygen atoms in total. The molecule has 2 rings (SSSR count). The van der Waals surface area contributed by atoms with Crippen molar-refractivity contribution in [1.29, 1.82) is 0 Å². The number of aliphatic imine (C=N–C) groups is 1. The summed E-state index contributed by atoms with van der Waals surface area (Å²) in [4.78, 5) is 31.4. The van der Waals surface area contributed by atoms with Crippen molar-refractivity contribution in [3.63, 3.8) is 0 Å². The molecule has 0 bridgehead atoms. The summed E-state index contributed by atoms with van der Waals surface area (Å²) in [6.45, 7) is 8.38. The van der Waals surface area contributed by atoms with Crippen molar-refractivity contribution in [3.05, 3.63) is 12.7 Å². The van der Waals surface area contributed by atoms with E-state index in [0.29, 0.717) is 17.6 Å². The predicted molar refractivity (Wildman–Crippen MR) is 80.2 cm³/mol. The molecule has 2 aliphatic rings. The van der Waals surface area contributed by atoms with E-state index in [1.54, 1.807) is 24.9 Å². The van der Waals surface area contributed by atoms with Gasteiger partial charge in [-0.3, -0.25) is 14.6 Å². The molecule has 1 unspecified atom stereocenters. The largest absolute Gasteiger partial charge is 0.358 e. The van der Waals surface area contributed by atoms with E-state index in [0.717, 1.165) is 10.1 Å². The van der Waals surface area contributed by atoms with E-state index >= 15 is 0 Å². The fourth-order valence-corrected chi connectivity index (χ4v) is 3.09. The van der Waals surface area contributed by atoms with Crippen LogP contribution in [0.5, 0.6) is 0 Å². The highest BCUT2D eigenvalue weighted by atomic mass is 32.2. The first-order valence-corrected chi connectivity index (χ1v) is 7.31. The van der Waals surface area contributed by atoms with Gasteiger partial charge in [-0.25, -0.2) is 9.37 Å². The van der Waals surface area contributed by atoms with Crippen LogP contribution in [0.4, 0.5) is 4.79 Å². The van der Waals surface area contributed by atoms with Gasteiger partial charge in [-0.2, -0.15) is 0 Å². The molecule has 1 fully saturated rings. The molecule has 2 heterocycles. The van der Waals surface area contributed by atoms with Crippen LogP contribution < -0.4 is 0 Å². The van der Waals surface area contributed by atoms with Crippen LogP contribution in [-0.4, -0.2) is 69.2 Å². The minimum Gasteiger partial charge on any atom is -0.269 e. The van der Waals surface area contributed by atoms with Crippen LogP contribution in [0.15, 0.2) is 17.6 Å². The van der Waals surface area contributed by atoms with Crippen molar-refractivity contribution in [2.75, 3.05) is 20.6 Å². The van der Waals surface area contributed by atoms with Crippen molar-refractivity contribution >= 4 is 34.7 Å². The number of thioether (sulfide) groups is 1. The summed E-state index contributed by atoms with van der Waals surface area (Å²) in [7, 11) is 3.14. The minimum atomic E-state index is -0.526. The Morgan fingerprint density at radius 3 is 2.60 bits per heavy atom. The number of likely N-dealkylation sites (N-methyl/N-ethyl adjacent to an activating group) is 2. The van der Waals surface area contributed by atoms with Crippen molar-refractivity contribution in [2.24, 2.45) is 4.99 Å². The van der Waals surface area contributed by atoms with Crippen molar-refractivity contribution < 1.29 is 14.2 Å². The van der Waals surface area contributed by atoms with E-state index in [1.807, 2.05) is 4.58 Å². The molecule has 1 atom stereocenters. The Balaban J connectivity index is 2.46. The molecule has 0 aliphatic carbocycles. The maximum Gasteiger partial charge on any atom is 0.358 e. The van der Waals surface area contributed by atoms with E-state index in [2.05, 4.69) is 25.4 Å². The van der Waals surface area contributed by atoms with Crippen LogP contribution in [0, 0.1) is 0 Å². The predicted octanol–water partition coefficient (Wildman–Crippen LogP) is 0.987. The zero-order valence-electron chi connectivity index (χ0n) is 12.2. The third kappa shape index (κ3) is 2.26. The summed E-state index contributed by atoms with van der Waals surface area (Å²) in [6.07, 6.45) is 1.74. The normalized spacial score (nSPS) is 22.6. The topological polar surface area (TPSA) is 56.0 Å². The summed E-state index contributed by atoms with van der Waals surface area (Å²) in [5.74, 6) is 0.260. The average Bonchev–Trinajstić information content (AvgIpc) is 2.73. The van der Waals surface area contributed by atoms with Crippen molar-refractivity contribution in [1.82, 2.24) is 9.80 Å². The van der Waals surface area contributed by atoms with Gasteiger partial charge in [-0.15, -0.1) is 0 Å². The molecule has 3 amide bonds. The van der Waals surface area contributed by atoms with Crippen LogP contribution >= 0.6 is 11.8 Å². The standard InChI is InChI=1S/C13H19N4O2S/c1-6-7-17-9-10(14-12(17)20-8(2)3)15(4)13(19)16(5)11(9)18/h6,8-9H,1,7H2,2-5H3/q+1. The first kappa shape index (κ1) is 14.8. The molecule has 0 N–H and O–H groups in total. The second-order valence-electron chi connectivity index (χ2n) is 5.00. The molecular weight excluding hydrogens is 276 g/mol. The fourth-order valence-electron chi connectivity index (χ4n) is 2.20. The monoisotopic (exact) mass is 295 g/mol. The van der Waals surface area contributed by atoms with E-state index in [4.69, 9.17) is 0 Å². The Hall–Kier alpha value is -1.63. The summed E-state index contributed by atoms with van der Waals surface area (Å²) in [5, 5.41) is 1.11. The van der Waals surface area contributed by atoms with Gasteiger partial charge >= 0.3 is 11.2 Å². The zero-order chi connectivity index (χ0) is 15.0. The lowest BCUT2D eigenvalue weighted by molar-refractivity contribution is -0.522. The number of hydrogen-bond acceptors (Lipinski definition) is 4. The molecule has 0 aromatic heterocycles. The van der Waals surface area contributed by atoms with Crippen LogP contribution in [-0.2, 0) is 4.79 Å². The Morgan fingerprint density at radius 2 is 2.05 bits per heavy atom. The van der Waals surface area contributed by atoms with E-state index in [-0.39, 0.29) is 11.9 Å². The van der Waals surface area contributed by atoms with Gasteiger partial charge in [-0.05, 0) is 16.8 Å². The second-order valence-corrected chi connectivity index (χ2v) is 6.55. The number of imide groups is 1. The SMILES string of the molecule is C=CC[N+]1=C(SC(C)C)N=C2C1C(=O)N(C)C(=O)N2C. The Bertz CT molecular complexity index is 538. The van der Waals surface area contributed by atoms with Gasteiger partial charge in [0.15, 0.2) is 0 Å². The molecule has 1 saturated heterocycles. The first-order chi connectivity index (χ1) is 9.38. The number of urea groups is 1. The minimum absolute atomic E-state index is 0.243. The lowest BCUT2D eigenvalue weighted by Crippen LogP contribution is -2.61. The molecule has 108 valence electrons. The van der Waals surface area contributed by atoms with Gasteiger partial charge in [0.1, 0.15) is 6.54 Å². The quantitative estimate of drug-likeness (QED) is 0.576. The zero-order valence-corrected chi connectivity index (χ0v) is 13.0. The number of carbonyl (C=O) groups is 2. The van der Waals surface area contributed by atoms with E-state index in [1.165, 1.54) is 11.9 Å². The summed E-state index contributed by atoms with van der Waals surface area (Å²) < 4.78 is 1.90. The third-order valence-corrected chi connectivity index (χ3v) is 4.17. The lowest BCUT2D eigenvalue weighted by Gasteiger charge is -2.30. The highest BCUT2D eigenvalue weighted by Gasteiger charge is 2.52. The summed E-state index contributed by atoms with van der Waals surface area (Å²) in [6, 6.07) is -0.874. The smallest absolute Gasteiger partial charge is 0.269 e. The molecule has 0 aromatic carbocycles. The number of amides is 3. The Kier molecular flexibility index (Phi) is 3.99. The van der Waals surface area contributed by atoms with Crippen LogP contribution in [0.3, 0.4) is 0 Å². The summed E-state index contributed by atoms with van der Waals surface area (Å²) >= 11 is 1.58. The lowest BCUT2D eigenvalue weighted by atomic mass is 10.1. The number of hydrogen-bond donors (Lipinski definition) is 0. The van der Waals surface area contributed by atoms with Gasteiger partial charge in [0.25, 0.3) is 17.8 Å². The van der Waals surface area contributed by atoms with Crippen molar-refractivity contribution in [3.8, 4) is 0 Å². The Morgan fingerprint density at radius 1 is 1.40 bits per heavy atom. The van der Waals surface area contributed by atoms with Crippen LogP contribution in [0.25, 0.3) is 0 Å². The van der Waals surface area contributed by atoms with Crippen LogP contribution in [0.1, 0.15) is 13.8 Å². The maximum absolute atomic E-state index is 12.4. The second kappa shape index (κ2) is 5.40. The fraction of sp³-hybridized carbons (Fsp3) is 0.538. The van der Waals surface area contributed by atoms with Crippen molar-refractivity contribution in [2.45, 2.75) is 25.1 Å². The molecule has 0 saturated carbocycles. The molecule has 0 spiro atoms. The van der Waals surface area contributed by atoms with Gasteiger partial charge in [0, 0.05) is 19.3 Å². The number of fused-ring (bicyclic) bond motifs is 1. The van der Waals surface area contributed by atoms with Gasteiger partial charge < -0.3 is 0 Å². The average molecular weight is 295 g/mol. The van der Waals surface area contributed by atoms with E-state index in [9.17, 15) is 9.59 Å². The van der Waals surface area contributed by atoms with Gasteiger partial charge in [-0.1, -0.05) is 26.5 Å². The molecule has 0 aromatic rings.